The van der Waals surface area contributed by atoms with E-state index in [-0.39, 0.29) is 35.4 Å². The maximum absolute atomic E-state index is 11.7. The minimum absolute atomic E-state index is 0. The largest absolute Gasteiger partial charge is 0.465 e. The molecule has 1 aromatic rings. The number of methoxy groups -OCH3 is 1. The van der Waals surface area contributed by atoms with E-state index in [9.17, 15) is 4.79 Å². The molecule has 7 nitrogen and oxygen atoms in total. The van der Waals surface area contributed by atoms with Gasteiger partial charge < -0.3 is 24.5 Å². The molecule has 0 spiro atoms. The number of carbonyl (C=O) groups is 1. The summed E-state index contributed by atoms with van der Waals surface area (Å²) in [5.41, 5.74) is 0.740. The summed E-state index contributed by atoms with van der Waals surface area (Å²) in [6.45, 7) is 6.70. The lowest BCUT2D eigenvalue weighted by Crippen LogP contribution is -2.43. The van der Waals surface area contributed by atoms with Gasteiger partial charge in [0.05, 0.1) is 13.7 Å². The van der Waals surface area contributed by atoms with Crippen LogP contribution in [0.4, 0.5) is 0 Å². The summed E-state index contributed by atoms with van der Waals surface area (Å²) in [5, 5.41) is 6.71. The normalized spacial score (nSPS) is 15.8. The number of hydrogen-bond acceptors (Lipinski definition) is 5. The Labute approximate surface area is 185 Å². The molecule has 1 fully saturated rings. The lowest BCUT2D eigenvalue weighted by molar-refractivity contribution is 0.0598. The highest BCUT2D eigenvalue weighted by Gasteiger charge is 2.33. The number of carbonyl (C=O) groups excluding carboxylic acids is 1. The Bertz CT molecular complexity index is 639. The van der Waals surface area contributed by atoms with Gasteiger partial charge in [0.1, 0.15) is 17.1 Å². The molecule has 0 aromatic carbocycles. The Kier molecular flexibility index (Phi) is 10.9. The SMILES string of the molecule is CCOCCC1(CNC(=NC)NCc2cc(C(=O)OC)c(C)o2)CCCC1.I. The summed E-state index contributed by atoms with van der Waals surface area (Å²) in [6, 6.07) is 1.71. The first-order valence-electron chi connectivity index (χ1n) is 9.73. The van der Waals surface area contributed by atoms with Crippen molar-refractivity contribution >= 4 is 35.9 Å². The molecule has 0 bridgehead atoms. The van der Waals surface area contributed by atoms with Crippen molar-refractivity contribution in [3.8, 4) is 0 Å². The zero-order chi connectivity index (χ0) is 19.7. The topological polar surface area (TPSA) is 85.1 Å². The van der Waals surface area contributed by atoms with Gasteiger partial charge in [-0.05, 0) is 44.6 Å². The van der Waals surface area contributed by atoms with Crippen LogP contribution in [0.3, 0.4) is 0 Å². The molecule has 2 N–H and O–H groups in total. The number of furan rings is 1. The highest BCUT2D eigenvalue weighted by molar-refractivity contribution is 14.0. The first kappa shape index (κ1) is 24.7. The van der Waals surface area contributed by atoms with Gasteiger partial charge in [0.25, 0.3) is 0 Å². The molecule has 1 aliphatic carbocycles. The molecule has 1 aromatic heterocycles. The molecule has 0 atom stereocenters. The number of nitrogens with zero attached hydrogens (tertiary/aromatic N) is 1. The Morgan fingerprint density at radius 2 is 2.04 bits per heavy atom. The second kappa shape index (κ2) is 12.3. The monoisotopic (exact) mass is 507 g/mol. The van der Waals surface area contributed by atoms with Crippen LogP contribution in [-0.2, 0) is 16.0 Å². The minimum Gasteiger partial charge on any atom is -0.465 e. The van der Waals surface area contributed by atoms with Crippen molar-refractivity contribution in [2.45, 2.75) is 52.5 Å². The first-order valence-corrected chi connectivity index (χ1v) is 9.73. The lowest BCUT2D eigenvalue weighted by Gasteiger charge is -2.30. The van der Waals surface area contributed by atoms with E-state index in [1.54, 1.807) is 20.0 Å². The number of aryl methyl sites for hydroxylation is 1. The van der Waals surface area contributed by atoms with Crippen LogP contribution in [0.2, 0.25) is 0 Å². The third kappa shape index (κ3) is 6.95. The highest BCUT2D eigenvalue weighted by atomic mass is 127. The summed E-state index contributed by atoms with van der Waals surface area (Å²) in [7, 11) is 3.12. The number of guanidine groups is 1. The molecule has 2 rings (SSSR count). The third-order valence-corrected chi connectivity index (χ3v) is 5.30. The van der Waals surface area contributed by atoms with Gasteiger partial charge in [-0.2, -0.15) is 0 Å². The molecule has 0 aliphatic heterocycles. The molecule has 28 heavy (non-hydrogen) atoms. The Morgan fingerprint density at radius 3 is 2.64 bits per heavy atom. The fraction of sp³-hybridized carbons (Fsp3) is 0.700. The van der Waals surface area contributed by atoms with Crippen molar-refractivity contribution in [2.75, 3.05) is 33.9 Å². The highest BCUT2D eigenvalue weighted by Crippen LogP contribution is 2.40. The molecular weight excluding hydrogens is 473 g/mol. The van der Waals surface area contributed by atoms with Gasteiger partial charge in [0.2, 0.25) is 0 Å². The molecule has 0 radical (unpaired) electrons. The van der Waals surface area contributed by atoms with Crippen LogP contribution in [0.15, 0.2) is 15.5 Å². The first-order chi connectivity index (χ1) is 13.0. The maximum Gasteiger partial charge on any atom is 0.341 e. The Balaban J connectivity index is 0.00000392. The Morgan fingerprint density at radius 1 is 1.32 bits per heavy atom. The molecule has 8 heteroatoms. The van der Waals surface area contributed by atoms with E-state index in [0.717, 1.165) is 32.1 Å². The number of ether oxygens (including phenoxy) is 2. The lowest BCUT2D eigenvalue weighted by atomic mass is 9.83. The molecule has 1 saturated carbocycles. The second-order valence-corrected chi connectivity index (χ2v) is 7.11. The van der Waals surface area contributed by atoms with E-state index in [4.69, 9.17) is 13.9 Å². The molecule has 0 amide bonds. The van der Waals surface area contributed by atoms with Gasteiger partial charge in [0, 0.05) is 26.8 Å². The fourth-order valence-electron chi connectivity index (χ4n) is 3.68. The standard InChI is InChI=1S/C20H33N3O4.HI/c1-5-26-11-10-20(8-6-7-9-20)14-23-19(21-3)22-13-16-12-17(15(2)27-16)18(24)25-4;/h12H,5-11,13-14H2,1-4H3,(H2,21,22,23);1H. The molecule has 160 valence electrons. The van der Waals surface area contributed by atoms with Crippen molar-refractivity contribution in [3.63, 3.8) is 0 Å². The molecule has 1 aliphatic rings. The number of aliphatic imine (C=N–C) groups is 1. The van der Waals surface area contributed by atoms with Gasteiger partial charge in [-0.3, -0.25) is 4.99 Å². The summed E-state index contributed by atoms with van der Waals surface area (Å²) < 4.78 is 16.0. The van der Waals surface area contributed by atoms with Crippen LogP contribution < -0.4 is 10.6 Å². The third-order valence-electron chi connectivity index (χ3n) is 5.30. The summed E-state index contributed by atoms with van der Waals surface area (Å²) in [6.07, 6.45) is 6.09. The number of halogens is 1. The van der Waals surface area contributed by atoms with Gasteiger partial charge in [-0.25, -0.2) is 4.79 Å². The Hall–Kier alpha value is -1.29. The van der Waals surface area contributed by atoms with E-state index < -0.39 is 0 Å². The number of hydrogen-bond donors (Lipinski definition) is 2. The van der Waals surface area contributed by atoms with Crippen LogP contribution in [-0.4, -0.2) is 45.8 Å². The fourth-order valence-corrected chi connectivity index (χ4v) is 3.68. The van der Waals surface area contributed by atoms with Gasteiger partial charge in [-0.15, -0.1) is 24.0 Å². The summed E-state index contributed by atoms with van der Waals surface area (Å²) >= 11 is 0. The molecular formula is C20H34IN3O4. The minimum atomic E-state index is -0.387. The van der Waals surface area contributed by atoms with Crippen molar-refractivity contribution in [1.82, 2.24) is 10.6 Å². The molecule has 0 unspecified atom stereocenters. The van der Waals surface area contributed by atoms with E-state index in [2.05, 4.69) is 15.6 Å². The number of nitrogens with one attached hydrogen (secondary N) is 2. The smallest absolute Gasteiger partial charge is 0.341 e. The zero-order valence-corrected chi connectivity index (χ0v) is 19.8. The van der Waals surface area contributed by atoms with Gasteiger partial charge in [0.15, 0.2) is 5.96 Å². The maximum atomic E-state index is 11.7. The second-order valence-electron chi connectivity index (χ2n) is 7.11. The van der Waals surface area contributed by atoms with Crippen molar-refractivity contribution in [1.29, 1.82) is 0 Å². The van der Waals surface area contributed by atoms with E-state index >= 15 is 0 Å². The van der Waals surface area contributed by atoms with Crippen molar-refractivity contribution in [3.05, 3.63) is 23.2 Å². The average Bonchev–Trinajstić information content (AvgIpc) is 3.28. The number of esters is 1. The van der Waals surface area contributed by atoms with Crippen molar-refractivity contribution in [2.24, 2.45) is 10.4 Å². The molecule has 1 heterocycles. The van der Waals surface area contributed by atoms with Crippen LogP contribution >= 0.6 is 24.0 Å². The number of rotatable bonds is 9. The van der Waals surface area contributed by atoms with Crippen LogP contribution in [0.1, 0.15) is 60.9 Å². The zero-order valence-electron chi connectivity index (χ0n) is 17.4. The van der Waals surface area contributed by atoms with E-state index in [0.29, 0.717) is 23.6 Å². The van der Waals surface area contributed by atoms with Crippen LogP contribution in [0, 0.1) is 12.3 Å². The van der Waals surface area contributed by atoms with E-state index in [1.165, 1.54) is 32.8 Å². The predicted molar refractivity (Wildman–Crippen MR) is 120 cm³/mol. The molecule has 0 saturated heterocycles. The predicted octanol–water partition coefficient (Wildman–Crippen LogP) is 3.64. The van der Waals surface area contributed by atoms with Crippen LogP contribution in [0.25, 0.3) is 0 Å². The van der Waals surface area contributed by atoms with Gasteiger partial charge >= 0.3 is 5.97 Å². The average molecular weight is 507 g/mol. The van der Waals surface area contributed by atoms with Gasteiger partial charge in [-0.1, -0.05) is 12.8 Å². The van der Waals surface area contributed by atoms with E-state index in [1.807, 2.05) is 6.92 Å². The summed E-state index contributed by atoms with van der Waals surface area (Å²) in [4.78, 5) is 16.0. The van der Waals surface area contributed by atoms with Crippen molar-refractivity contribution < 1.29 is 18.7 Å². The quantitative estimate of drug-likeness (QED) is 0.175. The summed E-state index contributed by atoms with van der Waals surface area (Å²) in [5.74, 6) is 1.57. The van der Waals surface area contributed by atoms with Crippen LogP contribution in [0.5, 0.6) is 0 Å².